The largest absolute Gasteiger partial charge is 1.00 e. The molecule has 0 bridgehead atoms. The molecular formula is C11H5BrLiNO2. The topological polar surface area (TPSA) is 39.2 Å². The van der Waals surface area contributed by atoms with E-state index in [1.54, 1.807) is 6.07 Å². The molecule has 3 nitrogen and oxygen atoms in total. The molecular weight excluding hydrogens is 265 g/mol. The zero-order valence-corrected chi connectivity index (χ0v) is 10.1. The van der Waals surface area contributed by atoms with E-state index in [0.717, 1.165) is 15.6 Å². The summed E-state index contributed by atoms with van der Waals surface area (Å²) in [5, 5.41) is 0. The predicted octanol–water partition coefficient (Wildman–Crippen LogP) is 0.654. The normalized spacial score (nSPS) is 10.3. The Hall–Kier alpha value is -0.953. The molecule has 0 aliphatic heterocycles. The summed E-state index contributed by atoms with van der Waals surface area (Å²) in [6.45, 7) is 0. The number of benzene rings is 1. The second-order valence-electron chi connectivity index (χ2n) is 3.03. The van der Waals surface area contributed by atoms with Crippen LogP contribution >= 0.6 is 15.9 Å². The van der Waals surface area contributed by atoms with Crippen LogP contribution in [-0.4, -0.2) is 4.98 Å². The third kappa shape index (κ3) is 1.84. The number of rotatable bonds is 1. The van der Waals surface area contributed by atoms with E-state index in [-0.39, 0.29) is 18.9 Å². The number of hydrogen-bond donors (Lipinski definition) is 0. The van der Waals surface area contributed by atoms with Gasteiger partial charge in [-0.15, -0.1) is 22.0 Å². The van der Waals surface area contributed by atoms with Gasteiger partial charge in [0.25, 0.3) is 0 Å². The molecule has 0 saturated heterocycles. The molecule has 0 saturated carbocycles. The third-order valence-electron chi connectivity index (χ3n) is 2.05. The number of nitrogens with zero attached hydrogens (tertiary/aromatic N) is 1. The first kappa shape index (κ1) is 11.5. The van der Waals surface area contributed by atoms with E-state index < -0.39 is 0 Å². The Morgan fingerprint density at radius 1 is 1.25 bits per heavy atom. The van der Waals surface area contributed by atoms with Crippen LogP contribution in [0, 0.1) is 6.26 Å². The summed E-state index contributed by atoms with van der Waals surface area (Å²) in [6, 6.07) is 9.26. The molecule has 5 heteroatoms. The van der Waals surface area contributed by atoms with Crippen LogP contribution < -0.4 is 18.9 Å². The summed E-state index contributed by atoms with van der Waals surface area (Å²) >= 11 is 3.34. The Morgan fingerprint density at radius 2 is 2.06 bits per heavy atom. The van der Waals surface area contributed by atoms with Crippen LogP contribution in [-0.2, 0) is 0 Å². The molecule has 74 valence electrons. The van der Waals surface area contributed by atoms with E-state index in [1.807, 2.05) is 24.3 Å². The molecule has 0 aliphatic rings. The maximum atomic E-state index is 5.54. The summed E-state index contributed by atoms with van der Waals surface area (Å²) in [6.07, 6.45) is 2.62. The van der Waals surface area contributed by atoms with Gasteiger partial charge in [0.15, 0.2) is 11.5 Å². The zero-order valence-electron chi connectivity index (χ0n) is 8.53. The molecule has 0 radical (unpaired) electrons. The van der Waals surface area contributed by atoms with Crippen LogP contribution in [0.1, 0.15) is 0 Å². The summed E-state index contributed by atoms with van der Waals surface area (Å²) < 4.78 is 11.5. The van der Waals surface area contributed by atoms with Gasteiger partial charge in [0, 0.05) is 5.76 Å². The Labute approximate surface area is 112 Å². The summed E-state index contributed by atoms with van der Waals surface area (Å²) in [5.74, 6) is 1.02. The molecule has 0 aliphatic carbocycles. The number of aromatic nitrogens is 1. The van der Waals surface area contributed by atoms with Crippen LogP contribution in [0.4, 0.5) is 0 Å². The van der Waals surface area contributed by atoms with Crippen LogP contribution in [0.5, 0.6) is 0 Å². The van der Waals surface area contributed by atoms with Gasteiger partial charge >= 0.3 is 18.9 Å². The van der Waals surface area contributed by atoms with Gasteiger partial charge in [-0.25, -0.2) is 4.98 Å². The van der Waals surface area contributed by atoms with Crippen molar-refractivity contribution in [3.05, 3.63) is 41.1 Å². The number of halogens is 1. The van der Waals surface area contributed by atoms with E-state index in [4.69, 9.17) is 8.83 Å². The number of para-hydroxylation sites is 2. The van der Waals surface area contributed by atoms with E-state index in [1.165, 1.54) is 0 Å². The molecule has 2 heterocycles. The van der Waals surface area contributed by atoms with Crippen molar-refractivity contribution in [1.82, 2.24) is 4.98 Å². The van der Waals surface area contributed by atoms with Crippen molar-refractivity contribution >= 4 is 27.0 Å². The summed E-state index contributed by atoms with van der Waals surface area (Å²) in [7, 11) is 0. The van der Waals surface area contributed by atoms with Gasteiger partial charge in [-0.1, -0.05) is 16.6 Å². The summed E-state index contributed by atoms with van der Waals surface area (Å²) in [5.41, 5.74) is 1.56. The fourth-order valence-corrected chi connectivity index (χ4v) is 1.71. The van der Waals surface area contributed by atoms with Crippen LogP contribution in [0.15, 0.2) is 43.6 Å². The van der Waals surface area contributed by atoms with Gasteiger partial charge in [-0.2, -0.15) is 0 Å². The van der Waals surface area contributed by atoms with Crippen molar-refractivity contribution in [2.45, 2.75) is 0 Å². The van der Waals surface area contributed by atoms with Crippen LogP contribution in [0.3, 0.4) is 0 Å². The molecule has 0 atom stereocenters. The average molecular weight is 270 g/mol. The monoisotopic (exact) mass is 269 g/mol. The van der Waals surface area contributed by atoms with Gasteiger partial charge in [0.2, 0.25) is 0 Å². The minimum atomic E-state index is 0. The fraction of sp³-hybridized carbons (Fsp3) is 0. The zero-order chi connectivity index (χ0) is 10.3. The maximum Gasteiger partial charge on any atom is 1.00 e. The predicted molar refractivity (Wildman–Crippen MR) is 58.2 cm³/mol. The molecule has 0 fully saturated rings. The van der Waals surface area contributed by atoms with E-state index >= 15 is 0 Å². The minimum Gasteiger partial charge on any atom is -0.585 e. The number of fused-ring (bicyclic) bond motifs is 1. The Bertz CT molecular complexity index is 584. The number of hydrogen-bond acceptors (Lipinski definition) is 3. The van der Waals surface area contributed by atoms with Crippen LogP contribution in [0.25, 0.3) is 22.8 Å². The van der Waals surface area contributed by atoms with Crippen LogP contribution in [0.2, 0.25) is 0 Å². The summed E-state index contributed by atoms with van der Waals surface area (Å²) in [4.78, 5) is 4.31. The molecule has 3 rings (SSSR count). The second kappa shape index (κ2) is 4.50. The molecule has 1 aromatic carbocycles. The standard InChI is InChI=1S/C11H5BrNO2.Li/c12-7-5-6-14-10(7)11-13-8-3-1-2-4-9(8)15-11;/h1-5H;/q-1;+1. The van der Waals surface area contributed by atoms with E-state index in [2.05, 4.69) is 27.2 Å². The molecule has 3 aromatic rings. The van der Waals surface area contributed by atoms with Crippen molar-refractivity contribution in [3.8, 4) is 11.7 Å². The van der Waals surface area contributed by atoms with Crippen molar-refractivity contribution < 1.29 is 27.7 Å². The minimum absolute atomic E-state index is 0. The van der Waals surface area contributed by atoms with Gasteiger partial charge in [0.05, 0.1) is 0 Å². The average Bonchev–Trinajstić information content (AvgIpc) is 2.82. The van der Waals surface area contributed by atoms with Crippen molar-refractivity contribution in [2.24, 2.45) is 0 Å². The second-order valence-corrected chi connectivity index (χ2v) is 3.88. The number of oxazole rings is 1. The molecule has 0 N–H and O–H groups in total. The molecule has 2 aromatic heterocycles. The van der Waals surface area contributed by atoms with Crippen molar-refractivity contribution in [2.75, 3.05) is 0 Å². The maximum absolute atomic E-state index is 5.54. The first-order valence-electron chi connectivity index (χ1n) is 4.36. The van der Waals surface area contributed by atoms with Gasteiger partial charge < -0.3 is 8.83 Å². The Kier molecular flexibility index (Phi) is 3.24. The first-order valence-corrected chi connectivity index (χ1v) is 5.15. The van der Waals surface area contributed by atoms with E-state index in [9.17, 15) is 0 Å². The smallest absolute Gasteiger partial charge is 0.585 e. The molecule has 0 spiro atoms. The molecule has 0 amide bonds. The number of furan rings is 1. The van der Waals surface area contributed by atoms with Gasteiger partial charge in [-0.05, 0) is 18.4 Å². The fourth-order valence-electron chi connectivity index (χ4n) is 1.37. The van der Waals surface area contributed by atoms with Gasteiger partial charge in [-0.3, -0.25) is 0 Å². The van der Waals surface area contributed by atoms with E-state index in [0.29, 0.717) is 11.7 Å². The van der Waals surface area contributed by atoms with Crippen molar-refractivity contribution in [1.29, 1.82) is 0 Å². The SMILES string of the molecule is Brc1c[c-]oc1-c1nc2ccccc2o1.[Li+]. The third-order valence-corrected chi connectivity index (χ3v) is 2.64. The Morgan fingerprint density at radius 3 is 2.75 bits per heavy atom. The molecule has 16 heavy (non-hydrogen) atoms. The first-order chi connectivity index (χ1) is 7.34. The van der Waals surface area contributed by atoms with Crippen molar-refractivity contribution in [3.63, 3.8) is 0 Å². The van der Waals surface area contributed by atoms with Gasteiger partial charge in [0.1, 0.15) is 5.52 Å². The Balaban J connectivity index is 0.000000963. The molecule has 0 unspecified atom stereocenters. The quantitative estimate of drug-likeness (QED) is 0.481.